The minimum Gasteiger partial charge on any atom is -0.390 e. The van der Waals surface area contributed by atoms with Crippen molar-refractivity contribution >= 4 is 0 Å². The molecule has 0 saturated heterocycles. The molecule has 1 aliphatic rings. The highest BCUT2D eigenvalue weighted by molar-refractivity contribution is 5.09. The van der Waals surface area contributed by atoms with E-state index in [0.29, 0.717) is 5.92 Å². The first-order valence-electron chi connectivity index (χ1n) is 6.22. The number of hydrogen-bond donors (Lipinski definition) is 1. The first-order valence-corrected chi connectivity index (χ1v) is 6.22. The Labute approximate surface area is 96.7 Å². The molecule has 16 heavy (non-hydrogen) atoms. The van der Waals surface area contributed by atoms with Gasteiger partial charge in [-0.1, -0.05) is 19.1 Å². The maximum Gasteiger partial charge on any atom is 0.111 e. The van der Waals surface area contributed by atoms with Gasteiger partial charge >= 0.3 is 0 Å². The Hall–Kier alpha value is -0.900. The summed E-state index contributed by atoms with van der Waals surface area (Å²) in [6, 6.07) is 0. The Bertz CT molecular complexity index is 342. The third-order valence-corrected chi connectivity index (χ3v) is 3.15. The lowest BCUT2D eigenvalue weighted by molar-refractivity contribution is 0.275. The molecule has 0 aromatic carbocycles. The van der Waals surface area contributed by atoms with E-state index in [1.165, 1.54) is 12.8 Å². The minimum absolute atomic E-state index is 0.0120. The van der Waals surface area contributed by atoms with Gasteiger partial charge in [0.15, 0.2) is 0 Å². The normalized spacial score (nSPS) is 16.0. The number of aliphatic hydroxyl groups excluding tert-OH is 1. The topological polar surface area (TPSA) is 50.9 Å². The summed E-state index contributed by atoms with van der Waals surface area (Å²) >= 11 is 0. The van der Waals surface area contributed by atoms with Gasteiger partial charge in [-0.25, -0.2) is 4.68 Å². The van der Waals surface area contributed by atoms with Crippen LogP contribution in [0.5, 0.6) is 0 Å². The molecule has 0 atom stereocenters. The zero-order valence-electron chi connectivity index (χ0n) is 10.2. The van der Waals surface area contributed by atoms with Crippen LogP contribution < -0.4 is 0 Å². The third kappa shape index (κ3) is 2.82. The predicted molar refractivity (Wildman–Crippen MR) is 61.8 cm³/mol. The molecule has 0 spiro atoms. The van der Waals surface area contributed by atoms with E-state index < -0.39 is 0 Å². The Kier molecular flexibility index (Phi) is 3.59. The van der Waals surface area contributed by atoms with Crippen LogP contribution in [-0.4, -0.2) is 20.1 Å². The van der Waals surface area contributed by atoms with Crippen LogP contribution >= 0.6 is 0 Å². The van der Waals surface area contributed by atoms with E-state index in [1.807, 2.05) is 4.68 Å². The summed E-state index contributed by atoms with van der Waals surface area (Å²) in [6.45, 7) is 5.43. The standard InChI is InChI=1S/C12H21N3O/c1-9(2)3-6-12-11(8-16)13-14-15(12)7-10-4-5-10/h9-10,16H,3-8H2,1-2H3. The molecule has 1 heterocycles. The van der Waals surface area contributed by atoms with E-state index >= 15 is 0 Å². The van der Waals surface area contributed by atoms with Gasteiger partial charge < -0.3 is 5.11 Å². The Morgan fingerprint density at radius 2 is 2.19 bits per heavy atom. The van der Waals surface area contributed by atoms with Gasteiger partial charge in [0.1, 0.15) is 5.69 Å². The molecule has 90 valence electrons. The van der Waals surface area contributed by atoms with Crippen molar-refractivity contribution in [3.8, 4) is 0 Å². The molecular formula is C12H21N3O. The van der Waals surface area contributed by atoms with Gasteiger partial charge in [0.05, 0.1) is 12.3 Å². The van der Waals surface area contributed by atoms with E-state index in [0.717, 1.165) is 36.7 Å². The molecular weight excluding hydrogens is 202 g/mol. The quantitative estimate of drug-likeness (QED) is 0.799. The maximum atomic E-state index is 9.23. The fraction of sp³-hybridized carbons (Fsp3) is 0.833. The molecule has 1 N–H and O–H groups in total. The molecule has 1 aliphatic carbocycles. The summed E-state index contributed by atoms with van der Waals surface area (Å²) in [7, 11) is 0. The van der Waals surface area contributed by atoms with Crippen LogP contribution in [0.15, 0.2) is 0 Å². The van der Waals surface area contributed by atoms with Crippen LogP contribution in [0.2, 0.25) is 0 Å². The number of nitrogens with zero attached hydrogens (tertiary/aromatic N) is 3. The van der Waals surface area contributed by atoms with E-state index in [1.54, 1.807) is 0 Å². The molecule has 1 saturated carbocycles. The van der Waals surface area contributed by atoms with Crippen LogP contribution in [0.4, 0.5) is 0 Å². The second-order valence-electron chi connectivity index (χ2n) is 5.20. The molecule has 0 amide bonds. The number of hydrogen-bond acceptors (Lipinski definition) is 3. The van der Waals surface area contributed by atoms with Crippen molar-refractivity contribution in [1.29, 1.82) is 0 Å². The van der Waals surface area contributed by atoms with Gasteiger partial charge in [-0.2, -0.15) is 0 Å². The number of aromatic nitrogens is 3. The van der Waals surface area contributed by atoms with Crippen molar-refractivity contribution in [2.75, 3.05) is 0 Å². The van der Waals surface area contributed by atoms with Crippen LogP contribution in [0.1, 0.15) is 44.5 Å². The van der Waals surface area contributed by atoms with Crippen molar-refractivity contribution < 1.29 is 5.11 Å². The molecule has 4 heteroatoms. The third-order valence-electron chi connectivity index (χ3n) is 3.15. The Morgan fingerprint density at radius 3 is 2.75 bits per heavy atom. The van der Waals surface area contributed by atoms with E-state index in [9.17, 15) is 5.11 Å². The Balaban J connectivity index is 2.06. The highest BCUT2D eigenvalue weighted by Gasteiger charge is 2.24. The summed E-state index contributed by atoms with van der Waals surface area (Å²) in [6.07, 6.45) is 4.74. The molecule has 1 fully saturated rings. The van der Waals surface area contributed by atoms with E-state index in [4.69, 9.17) is 0 Å². The average molecular weight is 223 g/mol. The Morgan fingerprint density at radius 1 is 1.44 bits per heavy atom. The minimum atomic E-state index is 0.0120. The predicted octanol–water partition coefficient (Wildman–Crippen LogP) is 1.77. The van der Waals surface area contributed by atoms with Gasteiger partial charge in [-0.3, -0.25) is 0 Å². The monoisotopic (exact) mass is 223 g/mol. The van der Waals surface area contributed by atoms with Crippen LogP contribution in [-0.2, 0) is 19.6 Å². The summed E-state index contributed by atoms with van der Waals surface area (Å²) in [5.41, 5.74) is 1.91. The lowest BCUT2D eigenvalue weighted by atomic mass is 10.1. The van der Waals surface area contributed by atoms with Gasteiger partial charge in [0.2, 0.25) is 0 Å². The molecule has 1 aromatic rings. The SMILES string of the molecule is CC(C)CCc1c(CO)nnn1CC1CC1. The molecule has 2 rings (SSSR count). The second kappa shape index (κ2) is 4.95. The zero-order chi connectivity index (χ0) is 11.5. The first kappa shape index (κ1) is 11.6. The van der Waals surface area contributed by atoms with Gasteiger partial charge in [0.25, 0.3) is 0 Å². The number of aliphatic hydroxyl groups is 1. The fourth-order valence-corrected chi connectivity index (χ4v) is 1.88. The van der Waals surface area contributed by atoms with Gasteiger partial charge in [-0.15, -0.1) is 5.10 Å². The van der Waals surface area contributed by atoms with Crippen molar-refractivity contribution in [2.45, 2.75) is 52.7 Å². The van der Waals surface area contributed by atoms with Crippen LogP contribution in [0, 0.1) is 11.8 Å². The molecule has 0 radical (unpaired) electrons. The van der Waals surface area contributed by atoms with Crippen molar-refractivity contribution in [3.63, 3.8) is 0 Å². The molecule has 1 aromatic heterocycles. The van der Waals surface area contributed by atoms with Crippen molar-refractivity contribution in [2.24, 2.45) is 11.8 Å². The maximum absolute atomic E-state index is 9.23. The van der Waals surface area contributed by atoms with Gasteiger partial charge in [-0.05, 0) is 37.5 Å². The fourth-order valence-electron chi connectivity index (χ4n) is 1.88. The summed E-state index contributed by atoms with van der Waals surface area (Å²) in [5.74, 6) is 1.47. The summed E-state index contributed by atoms with van der Waals surface area (Å²) in [5, 5.41) is 17.4. The van der Waals surface area contributed by atoms with Crippen molar-refractivity contribution in [1.82, 2.24) is 15.0 Å². The molecule has 0 bridgehead atoms. The zero-order valence-corrected chi connectivity index (χ0v) is 10.2. The lowest BCUT2D eigenvalue weighted by Gasteiger charge is -2.08. The molecule has 0 unspecified atom stereocenters. The summed E-state index contributed by atoms with van der Waals surface area (Å²) < 4.78 is 2.01. The van der Waals surface area contributed by atoms with Crippen LogP contribution in [0.25, 0.3) is 0 Å². The van der Waals surface area contributed by atoms with Gasteiger partial charge in [0, 0.05) is 6.54 Å². The summed E-state index contributed by atoms with van der Waals surface area (Å²) in [4.78, 5) is 0. The first-order chi connectivity index (χ1) is 7.70. The highest BCUT2D eigenvalue weighted by Crippen LogP contribution is 2.31. The highest BCUT2D eigenvalue weighted by atomic mass is 16.3. The largest absolute Gasteiger partial charge is 0.390 e. The second-order valence-corrected chi connectivity index (χ2v) is 5.20. The lowest BCUT2D eigenvalue weighted by Crippen LogP contribution is -2.09. The average Bonchev–Trinajstić information content (AvgIpc) is 2.96. The molecule has 4 nitrogen and oxygen atoms in total. The molecule has 0 aliphatic heterocycles. The van der Waals surface area contributed by atoms with E-state index in [-0.39, 0.29) is 6.61 Å². The smallest absolute Gasteiger partial charge is 0.111 e. The van der Waals surface area contributed by atoms with E-state index in [2.05, 4.69) is 24.2 Å². The van der Waals surface area contributed by atoms with Crippen molar-refractivity contribution in [3.05, 3.63) is 11.4 Å². The van der Waals surface area contributed by atoms with Crippen LogP contribution in [0.3, 0.4) is 0 Å². The number of rotatable bonds is 6.